The molecule has 120 valence electrons. The fraction of sp³-hybridized carbons (Fsp3) is 0.467. The molecule has 0 spiro atoms. The largest absolute Gasteiger partial charge is 0.496 e. The monoisotopic (exact) mass is 325 g/mol. The number of amides is 1. The van der Waals surface area contributed by atoms with Crippen LogP contribution in [-0.4, -0.2) is 50.4 Å². The van der Waals surface area contributed by atoms with Crippen LogP contribution in [0.2, 0.25) is 0 Å². The average molecular weight is 325 g/mol. The zero-order valence-electron chi connectivity index (χ0n) is 12.8. The minimum Gasteiger partial charge on any atom is -0.496 e. The van der Waals surface area contributed by atoms with Gasteiger partial charge in [-0.2, -0.15) is 0 Å². The van der Waals surface area contributed by atoms with E-state index in [0.29, 0.717) is 23.8 Å². The fourth-order valence-corrected chi connectivity index (χ4v) is 3.64. The van der Waals surface area contributed by atoms with Gasteiger partial charge in [0.1, 0.15) is 16.9 Å². The Hall–Kier alpha value is -1.89. The third-order valence-corrected chi connectivity index (χ3v) is 4.69. The summed E-state index contributed by atoms with van der Waals surface area (Å²) >= 11 is 1.49. The van der Waals surface area contributed by atoms with Gasteiger partial charge < -0.3 is 19.1 Å². The van der Waals surface area contributed by atoms with Gasteiger partial charge in [-0.25, -0.2) is 0 Å². The van der Waals surface area contributed by atoms with Gasteiger partial charge in [0.2, 0.25) is 5.91 Å². The summed E-state index contributed by atoms with van der Waals surface area (Å²) in [6.45, 7) is 0.310. The Kier molecular flexibility index (Phi) is 5.54. The van der Waals surface area contributed by atoms with Crippen molar-refractivity contribution < 1.29 is 23.8 Å². The quantitative estimate of drug-likeness (QED) is 0.744. The third kappa shape index (κ3) is 3.30. The molecule has 1 heterocycles. The summed E-state index contributed by atoms with van der Waals surface area (Å²) in [7, 11) is 4.50. The molecule has 1 saturated heterocycles. The van der Waals surface area contributed by atoms with Crippen molar-refractivity contribution in [2.24, 2.45) is 0 Å². The molecule has 0 aliphatic carbocycles. The fourth-order valence-electron chi connectivity index (χ4n) is 2.37. The Morgan fingerprint density at radius 1 is 1.27 bits per heavy atom. The van der Waals surface area contributed by atoms with Gasteiger partial charge >= 0.3 is 5.97 Å². The number of nitrogens with zero attached hydrogens (tertiary/aromatic N) is 1. The normalized spacial score (nSPS) is 17.5. The number of methoxy groups -OCH3 is 3. The van der Waals surface area contributed by atoms with Crippen LogP contribution in [0.5, 0.6) is 11.5 Å². The minimum absolute atomic E-state index is 0.00753. The molecule has 0 N–H and O–H groups in total. The van der Waals surface area contributed by atoms with Crippen LogP contribution in [0.1, 0.15) is 17.4 Å². The highest BCUT2D eigenvalue weighted by atomic mass is 32.2. The van der Waals surface area contributed by atoms with Crippen molar-refractivity contribution in [3.63, 3.8) is 0 Å². The summed E-state index contributed by atoms with van der Waals surface area (Å²) < 4.78 is 15.5. The molecule has 2 rings (SSSR count). The van der Waals surface area contributed by atoms with Crippen molar-refractivity contribution in [1.29, 1.82) is 0 Å². The molecule has 0 aromatic heterocycles. The van der Waals surface area contributed by atoms with E-state index in [4.69, 9.17) is 9.47 Å². The SMILES string of the molecule is COC(=O)CCN1C(=O)CSC1c1c(OC)cccc1OC. The van der Waals surface area contributed by atoms with Gasteiger partial charge in [-0.1, -0.05) is 6.07 Å². The van der Waals surface area contributed by atoms with Gasteiger partial charge in [0.15, 0.2) is 0 Å². The lowest BCUT2D eigenvalue weighted by molar-refractivity contribution is -0.141. The van der Waals surface area contributed by atoms with Crippen molar-refractivity contribution in [1.82, 2.24) is 4.90 Å². The molecule has 1 fully saturated rings. The van der Waals surface area contributed by atoms with E-state index in [1.165, 1.54) is 18.9 Å². The summed E-state index contributed by atoms with van der Waals surface area (Å²) in [4.78, 5) is 25.1. The molecule has 1 amide bonds. The lowest BCUT2D eigenvalue weighted by atomic mass is 10.1. The summed E-state index contributed by atoms with van der Waals surface area (Å²) in [5, 5.41) is -0.233. The van der Waals surface area contributed by atoms with Crippen LogP contribution in [0.3, 0.4) is 0 Å². The van der Waals surface area contributed by atoms with Crippen LogP contribution in [0.25, 0.3) is 0 Å². The van der Waals surface area contributed by atoms with Gasteiger partial charge in [-0.05, 0) is 12.1 Å². The van der Waals surface area contributed by atoms with Crippen molar-refractivity contribution >= 4 is 23.6 Å². The highest BCUT2D eigenvalue weighted by Crippen LogP contribution is 2.46. The first kappa shape index (κ1) is 16.5. The third-order valence-electron chi connectivity index (χ3n) is 3.47. The predicted octanol–water partition coefficient (Wildman–Crippen LogP) is 1.84. The number of ether oxygens (including phenoxy) is 3. The maximum Gasteiger partial charge on any atom is 0.307 e. The molecule has 1 aliphatic rings. The molecule has 0 saturated carbocycles. The Morgan fingerprint density at radius 2 is 1.91 bits per heavy atom. The highest BCUT2D eigenvalue weighted by Gasteiger charge is 2.36. The number of esters is 1. The van der Waals surface area contributed by atoms with Crippen LogP contribution >= 0.6 is 11.8 Å². The minimum atomic E-state index is -0.338. The molecule has 6 nitrogen and oxygen atoms in total. The second kappa shape index (κ2) is 7.40. The molecular weight excluding hydrogens is 306 g/mol. The molecule has 0 radical (unpaired) electrons. The van der Waals surface area contributed by atoms with E-state index in [9.17, 15) is 9.59 Å². The van der Waals surface area contributed by atoms with Crippen LogP contribution in [0.4, 0.5) is 0 Å². The van der Waals surface area contributed by atoms with E-state index in [2.05, 4.69) is 4.74 Å². The van der Waals surface area contributed by atoms with E-state index in [0.717, 1.165) is 5.56 Å². The van der Waals surface area contributed by atoms with Gasteiger partial charge in [0.25, 0.3) is 0 Å². The van der Waals surface area contributed by atoms with Crippen molar-refractivity contribution in [2.75, 3.05) is 33.6 Å². The predicted molar refractivity (Wildman–Crippen MR) is 83.1 cm³/mol. The zero-order valence-corrected chi connectivity index (χ0v) is 13.6. The number of benzene rings is 1. The van der Waals surface area contributed by atoms with Gasteiger partial charge in [-0.3, -0.25) is 9.59 Å². The standard InChI is InChI=1S/C15H19NO5S/c1-19-10-5-4-6-11(20-2)14(10)15-16(12(17)9-22-15)8-7-13(18)21-3/h4-6,15H,7-9H2,1-3H3. The van der Waals surface area contributed by atoms with E-state index in [-0.39, 0.29) is 23.7 Å². The molecule has 22 heavy (non-hydrogen) atoms. The molecule has 1 aromatic rings. The lowest BCUT2D eigenvalue weighted by Gasteiger charge is -2.26. The number of carbonyl (C=O) groups is 2. The maximum absolute atomic E-state index is 12.1. The lowest BCUT2D eigenvalue weighted by Crippen LogP contribution is -2.31. The Balaban J connectivity index is 2.30. The number of thioether (sulfide) groups is 1. The van der Waals surface area contributed by atoms with Crippen molar-refractivity contribution in [3.05, 3.63) is 23.8 Å². The molecule has 1 aromatic carbocycles. The average Bonchev–Trinajstić information content (AvgIpc) is 2.91. The van der Waals surface area contributed by atoms with Crippen LogP contribution in [0.15, 0.2) is 18.2 Å². The second-order valence-electron chi connectivity index (χ2n) is 4.65. The number of carbonyl (C=O) groups excluding carboxylic acids is 2. The summed E-state index contributed by atoms with van der Waals surface area (Å²) in [6.07, 6.45) is 0.163. The molecule has 1 atom stereocenters. The Labute approximate surface area is 133 Å². The molecule has 7 heteroatoms. The van der Waals surface area contributed by atoms with Crippen LogP contribution in [-0.2, 0) is 14.3 Å². The number of rotatable bonds is 6. The first-order valence-corrected chi connectivity index (χ1v) is 7.86. The van der Waals surface area contributed by atoms with Crippen molar-refractivity contribution in [2.45, 2.75) is 11.8 Å². The van der Waals surface area contributed by atoms with E-state index in [1.54, 1.807) is 19.1 Å². The summed E-state index contributed by atoms with van der Waals surface area (Å²) in [5.74, 6) is 1.35. The van der Waals surface area contributed by atoms with Gasteiger partial charge in [-0.15, -0.1) is 11.8 Å². The van der Waals surface area contributed by atoms with Gasteiger partial charge in [0.05, 0.1) is 39.1 Å². The smallest absolute Gasteiger partial charge is 0.307 e. The molecule has 1 unspecified atom stereocenters. The van der Waals surface area contributed by atoms with E-state index >= 15 is 0 Å². The van der Waals surface area contributed by atoms with Crippen LogP contribution < -0.4 is 9.47 Å². The Bertz CT molecular complexity index is 541. The van der Waals surface area contributed by atoms with Crippen LogP contribution in [0, 0.1) is 0 Å². The zero-order chi connectivity index (χ0) is 16.1. The highest BCUT2D eigenvalue weighted by molar-refractivity contribution is 8.00. The maximum atomic E-state index is 12.1. The number of hydrogen-bond donors (Lipinski definition) is 0. The van der Waals surface area contributed by atoms with Crippen molar-refractivity contribution in [3.8, 4) is 11.5 Å². The molecule has 1 aliphatic heterocycles. The Morgan fingerprint density at radius 3 is 2.45 bits per heavy atom. The first-order valence-electron chi connectivity index (χ1n) is 6.81. The van der Waals surface area contributed by atoms with Gasteiger partial charge in [0, 0.05) is 6.54 Å². The first-order chi connectivity index (χ1) is 10.6. The summed E-state index contributed by atoms with van der Waals surface area (Å²) in [6, 6.07) is 5.50. The topological polar surface area (TPSA) is 65.1 Å². The summed E-state index contributed by atoms with van der Waals surface area (Å²) in [5.41, 5.74) is 0.813. The van der Waals surface area contributed by atoms with E-state index in [1.807, 2.05) is 18.2 Å². The molecule has 0 bridgehead atoms. The number of hydrogen-bond acceptors (Lipinski definition) is 6. The van der Waals surface area contributed by atoms with E-state index < -0.39 is 0 Å². The molecular formula is C15H19NO5S. The second-order valence-corrected chi connectivity index (χ2v) is 5.72.